The molecule has 0 aliphatic rings. The van der Waals surface area contributed by atoms with Gasteiger partial charge in [-0.1, -0.05) is 23.9 Å². The predicted octanol–water partition coefficient (Wildman–Crippen LogP) is 2.91. The fourth-order valence-electron chi connectivity index (χ4n) is 3.02. The molecular formula is C21H26N4O3S. The Kier molecular flexibility index (Phi) is 7.11. The van der Waals surface area contributed by atoms with E-state index >= 15 is 0 Å². The highest BCUT2D eigenvalue weighted by atomic mass is 32.2. The van der Waals surface area contributed by atoms with E-state index in [-0.39, 0.29) is 23.3 Å². The third-order valence-electron chi connectivity index (χ3n) is 4.49. The first kappa shape index (κ1) is 21.1. The van der Waals surface area contributed by atoms with E-state index in [9.17, 15) is 9.59 Å². The van der Waals surface area contributed by atoms with E-state index in [4.69, 9.17) is 4.42 Å². The van der Waals surface area contributed by atoms with E-state index in [0.717, 1.165) is 13.0 Å². The number of nitrogens with zero attached hydrogens (tertiary/aromatic N) is 3. The number of benzene rings is 1. The van der Waals surface area contributed by atoms with Crippen LogP contribution in [0.4, 0.5) is 0 Å². The summed E-state index contributed by atoms with van der Waals surface area (Å²) < 4.78 is 7.00. The van der Waals surface area contributed by atoms with Crippen LogP contribution in [0.25, 0.3) is 10.9 Å². The van der Waals surface area contributed by atoms with Crippen LogP contribution in [0.1, 0.15) is 25.1 Å². The van der Waals surface area contributed by atoms with Crippen LogP contribution in [0, 0.1) is 0 Å². The number of fused-ring (bicyclic) bond motifs is 1. The largest absolute Gasteiger partial charge is 0.467 e. The van der Waals surface area contributed by atoms with Crippen LogP contribution in [0.3, 0.4) is 0 Å². The summed E-state index contributed by atoms with van der Waals surface area (Å²) in [5.74, 6) is 0.734. The highest BCUT2D eigenvalue weighted by molar-refractivity contribution is 7.99. The summed E-state index contributed by atoms with van der Waals surface area (Å²) in [5, 5.41) is 4.06. The van der Waals surface area contributed by atoms with Gasteiger partial charge in [0.15, 0.2) is 5.16 Å². The second-order valence-electron chi connectivity index (χ2n) is 7.12. The molecule has 0 saturated carbocycles. The Labute approximate surface area is 174 Å². The molecule has 0 spiro atoms. The van der Waals surface area contributed by atoms with E-state index in [1.807, 2.05) is 45.3 Å². The van der Waals surface area contributed by atoms with Crippen molar-refractivity contribution >= 4 is 28.6 Å². The van der Waals surface area contributed by atoms with E-state index in [1.165, 1.54) is 11.8 Å². The Morgan fingerprint density at radius 1 is 1.28 bits per heavy atom. The van der Waals surface area contributed by atoms with Crippen LogP contribution in [0.2, 0.25) is 0 Å². The summed E-state index contributed by atoms with van der Waals surface area (Å²) >= 11 is 1.28. The maximum atomic E-state index is 13.0. The van der Waals surface area contributed by atoms with Gasteiger partial charge in [0.2, 0.25) is 5.91 Å². The standard InChI is InChI=1S/C21H26N4O3S/c1-15(18-10-6-13-28-18)22-19(26)14-29-21-23-17-9-5-4-8-16(17)20(27)25(21)12-7-11-24(2)3/h4-6,8-10,13,15H,7,11-12,14H2,1-3H3,(H,22,26)/t15-/m0/s1. The first-order valence-electron chi connectivity index (χ1n) is 9.55. The summed E-state index contributed by atoms with van der Waals surface area (Å²) in [5.41, 5.74) is 0.578. The topological polar surface area (TPSA) is 80.4 Å². The van der Waals surface area contributed by atoms with Crippen LogP contribution in [0.5, 0.6) is 0 Å². The van der Waals surface area contributed by atoms with Gasteiger partial charge < -0.3 is 14.6 Å². The van der Waals surface area contributed by atoms with Gasteiger partial charge in [-0.15, -0.1) is 0 Å². The van der Waals surface area contributed by atoms with Crippen LogP contribution < -0.4 is 10.9 Å². The summed E-state index contributed by atoms with van der Waals surface area (Å²) in [4.78, 5) is 32.1. The van der Waals surface area contributed by atoms with Crippen molar-refractivity contribution in [1.29, 1.82) is 0 Å². The van der Waals surface area contributed by atoms with Crippen molar-refractivity contribution in [3.63, 3.8) is 0 Å². The molecule has 2 heterocycles. The van der Waals surface area contributed by atoms with Crippen LogP contribution >= 0.6 is 11.8 Å². The molecule has 1 N–H and O–H groups in total. The maximum absolute atomic E-state index is 13.0. The molecular weight excluding hydrogens is 388 g/mol. The van der Waals surface area contributed by atoms with Gasteiger partial charge in [0.05, 0.1) is 29.0 Å². The van der Waals surface area contributed by atoms with Crippen LogP contribution in [0.15, 0.2) is 57.0 Å². The zero-order valence-corrected chi connectivity index (χ0v) is 17.7. The Morgan fingerprint density at radius 2 is 2.07 bits per heavy atom. The number of nitrogens with one attached hydrogen (secondary N) is 1. The lowest BCUT2D eigenvalue weighted by Crippen LogP contribution is -2.29. The first-order chi connectivity index (χ1) is 14.0. The van der Waals surface area contributed by atoms with Crippen LogP contribution in [-0.2, 0) is 11.3 Å². The molecule has 1 amide bonds. The fraction of sp³-hybridized carbons (Fsp3) is 0.381. The number of hydrogen-bond acceptors (Lipinski definition) is 6. The molecule has 0 aliphatic carbocycles. The third-order valence-corrected chi connectivity index (χ3v) is 5.47. The average molecular weight is 415 g/mol. The van der Waals surface area contributed by atoms with Gasteiger partial charge in [-0.2, -0.15) is 0 Å². The zero-order valence-electron chi connectivity index (χ0n) is 16.9. The first-order valence-corrected chi connectivity index (χ1v) is 10.5. The minimum absolute atomic E-state index is 0.0683. The number of thioether (sulfide) groups is 1. The SMILES string of the molecule is C[C@H](NC(=O)CSc1nc2ccccc2c(=O)n1CCCN(C)C)c1ccco1. The van der Waals surface area contributed by atoms with Gasteiger partial charge in [0.1, 0.15) is 5.76 Å². The molecule has 0 radical (unpaired) electrons. The minimum atomic E-state index is -0.218. The Balaban J connectivity index is 1.75. The highest BCUT2D eigenvalue weighted by Crippen LogP contribution is 2.19. The molecule has 0 fully saturated rings. The van der Waals surface area contributed by atoms with Gasteiger partial charge in [0.25, 0.3) is 5.56 Å². The number of hydrogen-bond donors (Lipinski definition) is 1. The molecule has 0 bridgehead atoms. The molecule has 7 nitrogen and oxygen atoms in total. The van der Waals surface area contributed by atoms with Gasteiger partial charge in [-0.25, -0.2) is 4.98 Å². The van der Waals surface area contributed by atoms with Gasteiger partial charge >= 0.3 is 0 Å². The van der Waals surface area contributed by atoms with Crippen molar-refractivity contribution in [3.8, 4) is 0 Å². The second-order valence-corrected chi connectivity index (χ2v) is 8.06. The molecule has 3 rings (SSSR count). The average Bonchev–Trinajstić information content (AvgIpc) is 3.23. The highest BCUT2D eigenvalue weighted by Gasteiger charge is 2.15. The molecule has 2 aromatic heterocycles. The van der Waals surface area contributed by atoms with E-state index in [0.29, 0.717) is 28.4 Å². The molecule has 8 heteroatoms. The second kappa shape index (κ2) is 9.76. The Hall–Kier alpha value is -2.58. The molecule has 29 heavy (non-hydrogen) atoms. The molecule has 0 saturated heterocycles. The van der Waals surface area contributed by atoms with Gasteiger partial charge in [-0.05, 0) is 58.3 Å². The molecule has 154 valence electrons. The van der Waals surface area contributed by atoms with Crippen molar-refractivity contribution in [2.24, 2.45) is 0 Å². The summed E-state index contributed by atoms with van der Waals surface area (Å²) in [6.45, 7) is 3.29. The monoisotopic (exact) mass is 414 g/mol. The van der Waals surface area contributed by atoms with Crippen molar-refractivity contribution in [2.75, 3.05) is 26.4 Å². The molecule has 0 aliphatic heterocycles. The van der Waals surface area contributed by atoms with Crippen molar-refractivity contribution in [3.05, 3.63) is 58.8 Å². The molecule has 3 aromatic rings. The molecule has 1 atom stereocenters. The normalized spacial score (nSPS) is 12.4. The summed E-state index contributed by atoms with van der Waals surface area (Å²) in [6.07, 6.45) is 2.40. The van der Waals surface area contributed by atoms with Crippen molar-refractivity contribution < 1.29 is 9.21 Å². The maximum Gasteiger partial charge on any atom is 0.262 e. The molecule has 0 unspecified atom stereocenters. The lowest BCUT2D eigenvalue weighted by molar-refractivity contribution is -0.119. The number of carbonyl (C=O) groups is 1. The molecule has 1 aromatic carbocycles. The zero-order chi connectivity index (χ0) is 20.8. The van der Waals surface area contributed by atoms with E-state index in [1.54, 1.807) is 23.0 Å². The number of carbonyl (C=O) groups excluding carboxylic acids is 1. The van der Waals surface area contributed by atoms with Gasteiger partial charge in [0, 0.05) is 6.54 Å². The van der Waals surface area contributed by atoms with E-state index < -0.39 is 0 Å². The Morgan fingerprint density at radius 3 is 2.79 bits per heavy atom. The van der Waals surface area contributed by atoms with Crippen molar-refractivity contribution in [1.82, 2.24) is 19.8 Å². The van der Waals surface area contributed by atoms with E-state index in [2.05, 4.69) is 15.2 Å². The van der Waals surface area contributed by atoms with Crippen molar-refractivity contribution in [2.45, 2.75) is 31.1 Å². The fourth-order valence-corrected chi connectivity index (χ4v) is 3.86. The predicted molar refractivity (Wildman–Crippen MR) is 115 cm³/mol. The third kappa shape index (κ3) is 5.48. The number of para-hydroxylation sites is 1. The minimum Gasteiger partial charge on any atom is -0.467 e. The van der Waals surface area contributed by atoms with Crippen LogP contribution in [-0.4, -0.2) is 46.8 Å². The Bertz CT molecular complexity index is 1010. The summed E-state index contributed by atoms with van der Waals surface area (Å²) in [7, 11) is 4.00. The number of aromatic nitrogens is 2. The smallest absolute Gasteiger partial charge is 0.262 e. The number of furan rings is 1. The lowest BCUT2D eigenvalue weighted by atomic mass is 10.2. The summed E-state index contributed by atoms with van der Waals surface area (Å²) in [6, 6.07) is 10.7. The number of amides is 1. The number of rotatable bonds is 9. The lowest BCUT2D eigenvalue weighted by Gasteiger charge is -2.15. The van der Waals surface area contributed by atoms with Gasteiger partial charge in [-0.3, -0.25) is 14.2 Å². The quantitative estimate of drug-likeness (QED) is 0.428.